The van der Waals surface area contributed by atoms with Crippen LogP contribution in [0.1, 0.15) is 5.56 Å². The van der Waals surface area contributed by atoms with Crippen molar-refractivity contribution in [3.63, 3.8) is 0 Å². The van der Waals surface area contributed by atoms with E-state index in [1.54, 1.807) is 0 Å². The highest BCUT2D eigenvalue weighted by Crippen LogP contribution is 2.10. The number of rotatable bonds is 3. The largest absolute Gasteiger partial charge is 0.366 e. The number of pyridine rings is 1. The van der Waals surface area contributed by atoms with Crippen LogP contribution < -0.4 is 5.32 Å². The van der Waals surface area contributed by atoms with Gasteiger partial charge in [-0.3, -0.25) is 14.7 Å². The lowest BCUT2D eigenvalue weighted by Crippen LogP contribution is -2.54. The lowest BCUT2D eigenvalue weighted by molar-refractivity contribution is -0.147. The number of hydrogen-bond donors (Lipinski definition) is 1. The number of ether oxygens (including phenoxy) is 1. The van der Waals surface area contributed by atoms with Gasteiger partial charge < -0.3 is 15.0 Å². The van der Waals surface area contributed by atoms with E-state index in [0.29, 0.717) is 13.2 Å². The number of amides is 1. The van der Waals surface area contributed by atoms with Crippen molar-refractivity contribution in [2.75, 3.05) is 45.9 Å². The van der Waals surface area contributed by atoms with Crippen LogP contribution in [0.15, 0.2) is 24.5 Å². The molecule has 0 aliphatic carbocycles. The highest BCUT2D eigenvalue weighted by Gasteiger charge is 2.29. The Balaban J connectivity index is 1.47. The lowest BCUT2D eigenvalue weighted by atomic mass is 10.2. The first-order chi connectivity index (χ1) is 10.3. The zero-order valence-electron chi connectivity index (χ0n) is 12.2. The standard InChI is InChI=1S/C15H22N4O2/c20-15(14-11-17-5-10-21-14)19-8-6-18(7-9-19)12-13-1-3-16-4-2-13/h1-4,14,17H,5-12H2. The van der Waals surface area contributed by atoms with E-state index in [2.05, 4.69) is 15.2 Å². The molecule has 1 N–H and O–H groups in total. The van der Waals surface area contributed by atoms with Crippen molar-refractivity contribution in [1.29, 1.82) is 0 Å². The van der Waals surface area contributed by atoms with Gasteiger partial charge >= 0.3 is 0 Å². The van der Waals surface area contributed by atoms with Crippen LogP contribution >= 0.6 is 0 Å². The molecule has 3 rings (SSSR count). The second kappa shape index (κ2) is 6.98. The number of morpholine rings is 1. The fourth-order valence-electron chi connectivity index (χ4n) is 2.80. The molecule has 2 aliphatic heterocycles. The maximum atomic E-state index is 12.4. The summed E-state index contributed by atoms with van der Waals surface area (Å²) in [5.41, 5.74) is 1.27. The number of carbonyl (C=O) groups is 1. The summed E-state index contributed by atoms with van der Waals surface area (Å²) in [4.78, 5) is 20.7. The smallest absolute Gasteiger partial charge is 0.253 e. The minimum absolute atomic E-state index is 0.130. The van der Waals surface area contributed by atoms with E-state index in [9.17, 15) is 4.79 Å². The van der Waals surface area contributed by atoms with E-state index in [0.717, 1.165) is 39.3 Å². The molecule has 2 aliphatic rings. The van der Waals surface area contributed by atoms with Crippen LogP contribution in [-0.2, 0) is 16.1 Å². The fourth-order valence-corrected chi connectivity index (χ4v) is 2.80. The Morgan fingerprint density at radius 2 is 2.05 bits per heavy atom. The second-order valence-corrected chi connectivity index (χ2v) is 5.52. The van der Waals surface area contributed by atoms with Crippen molar-refractivity contribution in [2.45, 2.75) is 12.6 Å². The molecule has 0 radical (unpaired) electrons. The van der Waals surface area contributed by atoms with E-state index < -0.39 is 0 Å². The van der Waals surface area contributed by atoms with Gasteiger partial charge in [0, 0.05) is 58.2 Å². The maximum Gasteiger partial charge on any atom is 0.253 e. The first kappa shape index (κ1) is 14.4. The molecule has 1 atom stereocenters. The predicted octanol–water partition coefficient (Wildman–Crippen LogP) is -0.286. The number of hydrogen-bond acceptors (Lipinski definition) is 5. The average molecular weight is 290 g/mol. The van der Waals surface area contributed by atoms with Crippen molar-refractivity contribution in [3.05, 3.63) is 30.1 Å². The Kier molecular flexibility index (Phi) is 4.80. The summed E-state index contributed by atoms with van der Waals surface area (Å²) in [6, 6.07) is 4.08. The van der Waals surface area contributed by atoms with Crippen LogP contribution in [0.4, 0.5) is 0 Å². The monoisotopic (exact) mass is 290 g/mol. The van der Waals surface area contributed by atoms with Gasteiger partial charge in [0.15, 0.2) is 0 Å². The molecule has 1 unspecified atom stereocenters. The van der Waals surface area contributed by atoms with Crippen LogP contribution in [0.25, 0.3) is 0 Å². The quantitative estimate of drug-likeness (QED) is 0.829. The summed E-state index contributed by atoms with van der Waals surface area (Å²) in [6.45, 7) is 6.40. The Morgan fingerprint density at radius 1 is 1.29 bits per heavy atom. The third kappa shape index (κ3) is 3.78. The zero-order chi connectivity index (χ0) is 14.5. The summed E-state index contributed by atoms with van der Waals surface area (Å²) in [6.07, 6.45) is 3.34. The minimum atomic E-state index is -0.300. The van der Waals surface area contributed by atoms with Crippen molar-refractivity contribution in [1.82, 2.24) is 20.1 Å². The molecule has 114 valence electrons. The summed E-state index contributed by atoms with van der Waals surface area (Å²) in [5.74, 6) is 0.130. The average Bonchev–Trinajstić information content (AvgIpc) is 2.57. The molecule has 6 nitrogen and oxygen atoms in total. The summed E-state index contributed by atoms with van der Waals surface area (Å²) < 4.78 is 5.54. The van der Waals surface area contributed by atoms with Gasteiger partial charge in [0.1, 0.15) is 6.10 Å². The molecule has 21 heavy (non-hydrogen) atoms. The maximum absolute atomic E-state index is 12.4. The number of piperazine rings is 1. The molecule has 1 amide bonds. The minimum Gasteiger partial charge on any atom is -0.366 e. The molecule has 3 heterocycles. The predicted molar refractivity (Wildman–Crippen MR) is 78.7 cm³/mol. The molecular formula is C15H22N4O2. The van der Waals surface area contributed by atoms with E-state index in [1.165, 1.54) is 5.56 Å². The number of nitrogens with one attached hydrogen (secondary N) is 1. The van der Waals surface area contributed by atoms with Gasteiger partial charge in [-0.05, 0) is 17.7 Å². The number of nitrogens with zero attached hydrogens (tertiary/aromatic N) is 3. The topological polar surface area (TPSA) is 57.7 Å². The van der Waals surface area contributed by atoms with Gasteiger partial charge in [0.05, 0.1) is 6.61 Å². The highest BCUT2D eigenvalue weighted by molar-refractivity contribution is 5.81. The summed E-state index contributed by atoms with van der Waals surface area (Å²) >= 11 is 0. The SMILES string of the molecule is O=C(C1CNCCO1)N1CCN(Cc2ccncc2)CC1. The molecule has 0 saturated carbocycles. The van der Waals surface area contributed by atoms with Gasteiger partial charge in [-0.1, -0.05) is 0 Å². The molecule has 0 spiro atoms. The van der Waals surface area contributed by atoms with Gasteiger partial charge in [0.25, 0.3) is 5.91 Å². The molecule has 1 aromatic rings. The normalized spacial score (nSPS) is 24.0. The van der Waals surface area contributed by atoms with Crippen LogP contribution in [-0.4, -0.2) is 72.7 Å². The summed E-state index contributed by atoms with van der Waals surface area (Å²) in [7, 11) is 0. The van der Waals surface area contributed by atoms with Crippen LogP contribution in [0.5, 0.6) is 0 Å². The Labute approximate surface area is 125 Å². The Morgan fingerprint density at radius 3 is 2.71 bits per heavy atom. The van der Waals surface area contributed by atoms with Crippen molar-refractivity contribution in [3.8, 4) is 0 Å². The second-order valence-electron chi connectivity index (χ2n) is 5.52. The molecule has 6 heteroatoms. The van der Waals surface area contributed by atoms with Gasteiger partial charge in [-0.15, -0.1) is 0 Å². The molecule has 2 fully saturated rings. The third-order valence-corrected chi connectivity index (χ3v) is 4.04. The molecule has 1 aromatic heterocycles. The highest BCUT2D eigenvalue weighted by atomic mass is 16.5. The van der Waals surface area contributed by atoms with Crippen molar-refractivity contribution < 1.29 is 9.53 Å². The lowest BCUT2D eigenvalue weighted by Gasteiger charge is -2.37. The van der Waals surface area contributed by atoms with Crippen molar-refractivity contribution in [2.24, 2.45) is 0 Å². The number of aromatic nitrogens is 1. The van der Waals surface area contributed by atoms with E-state index >= 15 is 0 Å². The van der Waals surface area contributed by atoms with E-state index in [4.69, 9.17) is 4.74 Å². The summed E-state index contributed by atoms with van der Waals surface area (Å²) in [5, 5.41) is 3.21. The third-order valence-electron chi connectivity index (χ3n) is 4.04. The van der Waals surface area contributed by atoms with Crippen molar-refractivity contribution >= 4 is 5.91 Å². The fraction of sp³-hybridized carbons (Fsp3) is 0.600. The van der Waals surface area contributed by atoms with Gasteiger partial charge in [-0.25, -0.2) is 0 Å². The molecule has 2 saturated heterocycles. The first-order valence-electron chi connectivity index (χ1n) is 7.55. The molecular weight excluding hydrogens is 268 g/mol. The number of carbonyl (C=O) groups excluding carboxylic acids is 1. The van der Waals surface area contributed by atoms with E-state index in [1.807, 2.05) is 29.4 Å². The van der Waals surface area contributed by atoms with Crippen LogP contribution in [0.2, 0.25) is 0 Å². The van der Waals surface area contributed by atoms with Crippen LogP contribution in [0, 0.1) is 0 Å². The molecule has 0 aromatic carbocycles. The Hall–Kier alpha value is -1.50. The zero-order valence-corrected chi connectivity index (χ0v) is 12.2. The van der Waals surface area contributed by atoms with Gasteiger partial charge in [0.2, 0.25) is 0 Å². The first-order valence-corrected chi connectivity index (χ1v) is 7.55. The van der Waals surface area contributed by atoms with E-state index in [-0.39, 0.29) is 12.0 Å². The van der Waals surface area contributed by atoms with Crippen LogP contribution in [0.3, 0.4) is 0 Å². The molecule has 0 bridgehead atoms. The van der Waals surface area contributed by atoms with Gasteiger partial charge in [-0.2, -0.15) is 0 Å². The Bertz CT molecular complexity index is 454.